The maximum atomic E-state index is 5.30. The average molecular weight is 636 g/mol. The molecular weight excluding hydrogens is 599 g/mol. The molecular formula is C44H37N5. The lowest BCUT2D eigenvalue weighted by molar-refractivity contribution is 0.865. The van der Waals surface area contributed by atoms with Crippen LogP contribution < -0.4 is 0 Å². The maximum absolute atomic E-state index is 5.30. The number of hydrogen-bond acceptors (Lipinski definition) is 4. The van der Waals surface area contributed by atoms with E-state index in [1.54, 1.807) is 0 Å². The van der Waals surface area contributed by atoms with E-state index in [9.17, 15) is 0 Å². The highest BCUT2D eigenvalue weighted by Gasteiger charge is 2.21. The average Bonchev–Trinajstić information content (AvgIpc) is 3.54. The molecule has 0 unspecified atom stereocenters. The number of rotatable bonds is 7. The Balaban J connectivity index is 1.29. The summed E-state index contributed by atoms with van der Waals surface area (Å²) in [6.07, 6.45) is 2.00. The molecule has 3 heterocycles. The van der Waals surface area contributed by atoms with Crippen LogP contribution in [-0.2, 0) is 0 Å². The number of nitrogens with zero attached hydrogens (tertiary/aromatic N) is 5. The van der Waals surface area contributed by atoms with Gasteiger partial charge in [0.05, 0.1) is 5.52 Å². The van der Waals surface area contributed by atoms with Gasteiger partial charge in [-0.1, -0.05) is 143 Å². The first-order valence-corrected chi connectivity index (χ1v) is 17.0. The molecule has 0 bridgehead atoms. The quantitative estimate of drug-likeness (QED) is 0.175. The fourth-order valence-corrected chi connectivity index (χ4v) is 6.47. The summed E-state index contributed by atoms with van der Waals surface area (Å²) in [7, 11) is 0. The Morgan fingerprint density at radius 2 is 1.02 bits per heavy atom. The van der Waals surface area contributed by atoms with Gasteiger partial charge in [0.1, 0.15) is 5.82 Å². The lowest BCUT2D eigenvalue weighted by atomic mass is 9.97. The standard InChI is InChI=1S/C44H37N5/c1-28(2)30-18-22-33(23-19-30)41-46-42(34-24-20-31(21-25-34)29(3)4)48-44(47-41)49-26-10-17-39-38-16-9-15-37(40(38)45-43(39)49)36-14-8-13-35(27-36)32-11-6-5-7-12-32/h5-29H,1-4H3. The molecule has 0 saturated heterocycles. The van der Waals surface area contributed by atoms with Gasteiger partial charge in [-0.05, 0) is 57.9 Å². The summed E-state index contributed by atoms with van der Waals surface area (Å²) in [5, 5.41) is 1.09. The summed E-state index contributed by atoms with van der Waals surface area (Å²) >= 11 is 0. The lowest BCUT2D eigenvalue weighted by Gasteiger charge is -2.13. The zero-order chi connectivity index (χ0) is 33.5. The van der Waals surface area contributed by atoms with Crippen molar-refractivity contribution in [3.05, 3.63) is 151 Å². The Morgan fingerprint density at radius 1 is 0.449 bits per heavy atom. The first-order chi connectivity index (χ1) is 23.9. The predicted molar refractivity (Wildman–Crippen MR) is 201 cm³/mol. The number of hydrogen-bond donors (Lipinski definition) is 0. The van der Waals surface area contributed by atoms with Crippen LogP contribution in [0.15, 0.2) is 140 Å². The van der Waals surface area contributed by atoms with Gasteiger partial charge in [0.15, 0.2) is 11.6 Å². The zero-order valence-corrected chi connectivity index (χ0v) is 28.2. The van der Waals surface area contributed by atoms with Crippen molar-refractivity contribution in [2.45, 2.75) is 39.5 Å². The first kappa shape index (κ1) is 30.4. The molecule has 0 radical (unpaired) electrons. The van der Waals surface area contributed by atoms with E-state index in [1.807, 2.05) is 22.9 Å². The van der Waals surface area contributed by atoms with E-state index in [1.165, 1.54) is 22.3 Å². The topological polar surface area (TPSA) is 56.5 Å². The third-order valence-electron chi connectivity index (χ3n) is 9.30. The summed E-state index contributed by atoms with van der Waals surface area (Å²) < 4.78 is 2.00. The fraction of sp³-hybridized carbons (Fsp3) is 0.136. The number of pyridine rings is 1. The van der Waals surface area contributed by atoms with Crippen LogP contribution in [0.3, 0.4) is 0 Å². The summed E-state index contributed by atoms with van der Waals surface area (Å²) in [5.74, 6) is 3.47. The van der Waals surface area contributed by atoms with Crippen LogP contribution in [0, 0.1) is 0 Å². The normalized spacial score (nSPS) is 11.6. The minimum atomic E-state index is 0.439. The number of benzene rings is 5. The van der Waals surface area contributed by atoms with Crippen molar-refractivity contribution in [2.24, 2.45) is 0 Å². The molecule has 1 aromatic heterocycles. The lowest BCUT2D eigenvalue weighted by Crippen LogP contribution is -2.09. The van der Waals surface area contributed by atoms with Crippen molar-refractivity contribution in [3.8, 4) is 62.4 Å². The van der Waals surface area contributed by atoms with Gasteiger partial charge in [0, 0.05) is 33.8 Å². The van der Waals surface area contributed by atoms with Crippen molar-refractivity contribution in [1.29, 1.82) is 0 Å². The minimum absolute atomic E-state index is 0.439. The maximum Gasteiger partial charge on any atom is 0.239 e. The molecule has 0 N–H and O–H groups in total. The smallest absolute Gasteiger partial charge is 0.239 e. The van der Waals surface area contributed by atoms with Gasteiger partial charge in [0.2, 0.25) is 5.95 Å². The third kappa shape index (κ3) is 5.78. The predicted octanol–water partition coefficient (Wildman–Crippen LogP) is 11.2. The molecule has 5 aromatic carbocycles. The van der Waals surface area contributed by atoms with Gasteiger partial charge < -0.3 is 0 Å². The second-order valence-corrected chi connectivity index (χ2v) is 13.2. The van der Waals surface area contributed by atoms with Gasteiger partial charge in [-0.2, -0.15) is 9.97 Å². The molecule has 2 aliphatic rings. The van der Waals surface area contributed by atoms with Gasteiger partial charge in [0.25, 0.3) is 0 Å². The summed E-state index contributed by atoms with van der Waals surface area (Å²) in [5.41, 5.74) is 11.0. The molecule has 0 spiro atoms. The largest absolute Gasteiger partial charge is 0.269 e. The Morgan fingerprint density at radius 3 is 1.65 bits per heavy atom. The molecule has 6 aromatic rings. The molecule has 5 nitrogen and oxygen atoms in total. The first-order valence-electron chi connectivity index (χ1n) is 17.0. The summed E-state index contributed by atoms with van der Waals surface area (Å²) in [6.45, 7) is 8.81. The summed E-state index contributed by atoms with van der Waals surface area (Å²) in [4.78, 5) is 20.4. The SMILES string of the molecule is CC(C)c1ccc(-c2nc(-c3ccc(C(C)C)cc3)nc(-n3cccc4c5cccc(-c6cccc(-c7ccccc7)c6)c5nc3-4)n2)cc1. The van der Waals surface area contributed by atoms with Crippen molar-refractivity contribution >= 4 is 10.9 Å². The van der Waals surface area contributed by atoms with Crippen LogP contribution in [0.25, 0.3) is 73.3 Å². The van der Waals surface area contributed by atoms with E-state index in [-0.39, 0.29) is 0 Å². The Labute approximate surface area is 287 Å². The second kappa shape index (κ2) is 12.6. The third-order valence-corrected chi connectivity index (χ3v) is 9.30. The van der Waals surface area contributed by atoms with E-state index in [0.717, 1.165) is 44.5 Å². The molecule has 0 atom stereocenters. The van der Waals surface area contributed by atoms with Crippen LogP contribution in [0.2, 0.25) is 0 Å². The highest BCUT2D eigenvalue weighted by molar-refractivity contribution is 6.04. The summed E-state index contributed by atoms with van der Waals surface area (Å²) in [6, 6.07) is 46.8. The highest BCUT2D eigenvalue weighted by atomic mass is 15.2. The highest BCUT2D eigenvalue weighted by Crippen LogP contribution is 2.38. The Hall–Kier alpha value is -5.94. The van der Waals surface area contributed by atoms with Crippen LogP contribution in [0.5, 0.6) is 0 Å². The molecule has 0 saturated carbocycles. The van der Waals surface area contributed by atoms with Gasteiger partial charge >= 0.3 is 0 Å². The number of fused-ring (bicyclic) bond motifs is 3. The Kier molecular flexibility index (Phi) is 7.81. The zero-order valence-electron chi connectivity index (χ0n) is 28.2. The molecule has 2 aliphatic heterocycles. The monoisotopic (exact) mass is 635 g/mol. The Bertz CT molecular complexity index is 2300. The van der Waals surface area contributed by atoms with Crippen molar-refractivity contribution in [1.82, 2.24) is 24.5 Å². The van der Waals surface area contributed by atoms with Crippen LogP contribution in [-0.4, -0.2) is 24.5 Å². The molecule has 0 amide bonds. The van der Waals surface area contributed by atoms with Crippen molar-refractivity contribution in [3.63, 3.8) is 0 Å². The van der Waals surface area contributed by atoms with E-state index in [0.29, 0.717) is 29.4 Å². The van der Waals surface area contributed by atoms with E-state index < -0.39 is 0 Å². The van der Waals surface area contributed by atoms with E-state index in [2.05, 4.69) is 149 Å². The van der Waals surface area contributed by atoms with Gasteiger partial charge in [-0.15, -0.1) is 0 Å². The van der Waals surface area contributed by atoms with Gasteiger partial charge in [-0.3, -0.25) is 4.57 Å². The van der Waals surface area contributed by atoms with Crippen molar-refractivity contribution in [2.75, 3.05) is 0 Å². The minimum Gasteiger partial charge on any atom is -0.269 e. The molecule has 8 rings (SSSR count). The second-order valence-electron chi connectivity index (χ2n) is 13.2. The molecule has 0 fully saturated rings. The molecule has 49 heavy (non-hydrogen) atoms. The molecule has 238 valence electrons. The molecule has 5 heteroatoms. The van der Waals surface area contributed by atoms with E-state index >= 15 is 0 Å². The number of para-hydroxylation sites is 1. The van der Waals surface area contributed by atoms with Crippen LogP contribution in [0.4, 0.5) is 0 Å². The fourth-order valence-electron chi connectivity index (χ4n) is 6.47. The van der Waals surface area contributed by atoms with Crippen molar-refractivity contribution < 1.29 is 0 Å². The van der Waals surface area contributed by atoms with Gasteiger partial charge in [-0.25, -0.2) is 9.97 Å². The molecule has 0 aliphatic carbocycles. The van der Waals surface area contributed by atoms with Crippen LogP contribution >= 0.6 is 0 Å². The van der Waals surface area contributed by atoms with Crippen LogP contribution in [0.1, 0.15) is 50.7 Å². The number of aromatic nitrogens is 5. The van der Waals surface area contributed by atoms with E-state index in [4.69, 9.17) is 19.9 Å².